The van der Waals surface area contributed by atoms with Gasteiger partial charge in [0.2, 0.25) is 0 Å². The summed E-state index contributed by atoms with van der Waals surface area (Å²) in [5.41, 5.74) is 0.0257. The first-order chi connectivity index (χ1) is 17.6. The highest BCUT2D eigenvalue weighted by Gasteiger charge is 2.29. The molecule has 12 heteroatoms. The summed E-state index contributed by atoms with van der Waals surface area (Å²) < 4.78 is 20.8. The second kappa shape index (κ2) is 10.4. The average Bonchev–Trinajstić information content (AvgIpc) is 3.52. The van der Waals surface area contributed by atoms with Crippen LogP contribution < -0.4 is 10.6 Å². The minimum absolute atomic E-state index is 0.163. The molecular weight excluding hydrogens is 481 g/mol. The maximum absolute atomic E-state index is 14.2. The Labute approximate surface area is 212 Å². The van der Waals surface area contributed by atoms with Gasteiger partial charge in [-0.3, -0.25) is 9.36 Å². The van der Waals surface area contributed by atoms with Crippen LogP contribution in [0.3, 0.4) is 0 Å². The van der Waals surface area contributed by atoms with Gasteiger partial charge in [-0.15, -0.1) is 0 Å². The second-order valence-corrected chi connectivity index (χ2v) is 9.40. The Morgan fingerprint density at radius 1 is 1.35 bits per heavy atom. The minimum Gasteiger partial charge on any atom is -0.453 e. The first kappa shape index (κ1) is 25.8. The zero-order valence-electron chi connectivity index (χ0n) is 20.7. The Bertz CT molecular complexity index is 1360. The van der Waals surface area contributed by atoms with Crippen molar-refractivity contribution < 1.29 is 23.8 Å². The smallest absolute Gasteiger partial charge is 0.409 e. The number of aliphatic hydroxyl groups is 1. The summed E-state index contributed by atoms with van der Waals surface area (Å²) in [7, 11) is 1.32. The van der Waals surface area contributed by atoms with Crippen LogP contribution in [-0.2, 0) is 4.74 Å². The van der Waals surface area contributed by atoms with Gasteiger partial charge in [0.15, 0.2) is 0 Å². The summed E-state index contributed by atoms with van der Waals surface area (Å²) in [6.07, 6.45) is 3.14. The van der Waals surface area contributed by atoms with Gasteiger partial charge in [0.05, 0.1) is 36.1 Å². The van der Waals surface area contributed by atoms with E-state index >= 15 is 0 Å². The molecule has 3 aromatic rings. The number of aromatic nitrogens is 3. The monoisotopic (exact) mass is 509 g/mol. The van der Waals surface area contributed by atoms with Crippen molar-refractivity contribution in [2.24, 2.45) is 0 Å². The molecule has 0 spiro atoms. The maximum atomic E-state index is 14.2. The molecule has 2 unspecified atom stereocenters. The Hall–Kier alpha value is -4.24. The number of amides is 2. The molecule has 1 aliphatic rings. The molecule has 1 fully saturated rings. The number of ether oxygens (including phenoxy) is 1. The van der Waals surface area contributed by atoms with Crippen LogP contribution in [0.25, 0.3) is 16.9 Å². The number of rotatable bonds is 7. The molecule has 4 rings (SSSR count). The van der Waals surface area contributed by atoms with Crippen LogP contribution in [0.5, 0.6) is 0 Å². The van der Waals surface area contributed by atoms with E-state index in [1.807, 2.05) is 6.07 Å². The molecule has 194 valence electrons. The number of alkyl halides is 1. The fourth-order valence-corrected chi connectivity index (χ4v) is 4.07. The van der Waals surface area contributed by atoms with Crippen molar-refractivity contribution >= 4 is 28.7 Å². The quantitative estimate of drug-likeness (QED) is 0.440. The van der Waals surface area contributed by atoms with Gasteiger partial charge in [-0.05, 0) is 32.4 Å². The number of anilines is 1. The number of nitriles is 1. The topological polar surface area (TPSA) is 145 Å². The molecule has 4 heterocycles. The summed E-state index contributed by atoms with van der Waals surface area (Å²) in [5, 5.41) is 25.6. The molecule has 0 bridgehead atoms. The summed E-state index contributed by atoms with van der Waals surface area (Å²) in [6.45, 7) is 3.15. The number of nitrogens with zero attached hydrogens (tertiary/aromatic N) is 5. The fraction of sp³-hybridized carbons (Fsp3) is 0.400. The van der Waals surface area contributed by atoms with Gasteiger partial charge in [-0.1, -0.05) is 0 Å². The molecule has 3 N–H and O–H groups in total. The number of nitrogens with one attached hydrogen (secondary N) is 2. The van der Waals surface area contributed by atoms with Gasteiger partial charge in [0.25, 0.3) is 5.91 Å². The number of likely N-dealkylation sites (tertiary alicyclic amines) is 1. The van der Waals surface area contributed by atoms with E-state index in [2.05, 4.69) is 26.7 Å². The zero-order chi connectivity index (χ0) is 26.7. The van der Waals surface area contributed by atoms with E-state index in [-0.39, 0.29) is 18.2 Å². The lowest BCUT2D eigenvalue weighted by atomic mass is 10.0. The standard InChI is InChI=1S/C25H28FN7O4/c1-25(2,36)20(26)13-30-23(34)18-12-28-21(33-7-4-16-8-15(10-27)11-29-22(16)33)9-19(18)31-17-5-6-32(14-17)24(35)37-3/h4,7-9,11-12,17,20,36H,5-6,13-14H2,1-3H3,(H,28,31)(H,30,34). The van der Waals surface area contributed by atoms with Gasteiger partial charge < -0.3 is 25.4 Å². The lowest BCUT2D eigenvalue weighted by molar-refractivity contribution is -0.00177. The van der Waals surface area contributed by atoms with Crippen LogP contribution in [-0.4, -0.2) is 81.1 Å². The van der Waals surface area contributed by atoms with Gasteiger partial charge >= 0.3 is 6.09 Å². The first-order valence-corrected chi connectivity index (χ1v) is 11.7. The number of halogens is 1. The summed E-state index contributed by atoms with van der Waals surface area (Å²) in [6, 6.07) is 7.10. The molecule has 3 aromatic heterocycles. The molecule has 1 aliphatic heterocycles. The molecule has 0 radical (unpaired) electrons. The zero-order valence-corrected chi connectivity index (χ0v) is 20.7. The normalized spacial score (nSPS) is 16.3. The Kier molecular flexibility index (Phi) is 7.26. The number of methoxy groups -OCH3 is 1. The number of hydrogen-bond acceptors (Lipinski definition) is 8. The lowest BCUT2D eigenvalue weighted by Gasteiger charge is -2.23. The van der Waals surface area contributed by atoms with E-state index < -0.39 is 23.8 Å². The van der Waals surface area contributed by atoms with E-state index in [1.54, 1.807) is 27.8 Å². The molecule has 2 amide bonds. The summed E-state index contributed by atoms with van der Waals surface area (Å²) in [5.74, 6) is -0.0978. The minimum atomic E-state index is -1.67. The van der Waals surface area contributed by atoms with Crippen LogP contribution in [0.1, 0.15) is 36.2 Å². The number of pyridine rings is 2. The third-order valence-electron chi connectivity index (χ3n) is 6.23. The lowest BCUT2D eigenvalue weighted by Crippen LogP contribution is -2.42. The third kappa shape index (κ3) is 5.62. The maximum Gasteiger partial charge on any atom is 0.409 e. The molecule has 1 saturated heterocycles. The molecule has 2 atom stereocenters. The SMILES string of the molecule is COC(=O)N1CCC(Nc2cc(-n3ccc4cc(C#N)cnc43)ncc2C(=O)NCC(F)C(C)(C)O)C1. The number of hydrogen-bond donors (Lipinski definition) is 3. The number of carbonyl (C=O) groups is 2. The van der Waals surface area contributed by atoms with Crippen LogP contribution in [0.15, 0.2) is 36.8 Å². The molecular formula is C25H28FN7O4. The van der Waals surface area contributed by atoms with Gasteiger partial charge in [-0.2, -0.15) is 5.26 Å². The van der Waals surface area contributed by atoms with Crippen molar-refractivity contribution in [3.05, 3.63) is 47.9 Å². The van der Waals surface area contributed by atoms with Crippen LogP contribution in [0.2, 0.25) is 0 Å². The number of carbonyl (C=O) groups excluding carboxylic acids is 2. The van der Waals surface area contributed by atoms with E-state index in [1.165, 1.54) is 33.4 Å². The van der Waals surface area contributed by atoms with E-state index in [0.717, 1.165) is 5.39 Å². The van der Waals surface area contributed by atoms with Crippen molar-refractivity contribution in [2.45, 2.75) is 38.1 Å². The highest BCUT2D eigenvalue weighted by molar-refractivity contribution is 5.99. The largest absolute Gasteiger partial charge is 0.453 e. The number of fused-ring (bicyclic) bond motifs is 1. The van der Waals surface area contributed by atoms with Gasteiger partial charge in [0, 0.05) is 49.2 Å². The van der Waals surface area contributed by atoms with Crippen molar-refractivity contribution in [3.8, 4) is 11.9 Å². The predicted octanol–water partition coefficient (Wildman–Crippen LogP) is 2.38. The van der Waals surface area contributed by atoms with Crippen molar-refractivity contribution in [2.75, 3.05) is 32.1 Å². The Morgan fingerprint density at radius 3 is 2.84 bits per heavy atom. The van der Waals surface area contributed by atoms with E-state index in [4.69, 9.17) is 10.00 Å². The average molecular weight is 510 g/mol. The van der Waals surface area contributed by atoms with E-state index in [0.29, 0.717) is 42.2 Å². The fourth-order valence-electron chi connectivity index (χ4n) is 4.07. The van der Waals surface area contributed by atoms with Crippen molar-refractivity contribution in [1.82, 2.24) is 24.8 Å². The van der Waals surface area contributed by atoms with Crippen LogP contribution in [0, 0.1) is 11.3 Å². The molecule has 0 aromatic carbocycles. The van der Waals surface area contributed by atoms with Crippen molar-refractivity contribution in [3.63, 3.8) is 0 Å². The highest BCUT2D eigenvalue weighted by atomic mass is 19.1. The Morgan fingerprint density at radius 2 is 2.14 bits per heavy atom. The molecule has 0 aliphatic carbocycles. The molecule has 0 saturated carbocycles. The van der Waals surface area contributed by atoms with Gasteiger partial charge in [-0.25, -0.2) is 19.2 Å². The predicted molar refractivity (Wildman–Crippen MR) is 133 cm³/mol. The van der Waals surface area contributed by atoms with E-state index in [9.17, 15) is 19.1 Å². The summed E-state index contributed by atoms with van der Waals surface area (Å²) in [4.78, 5) is 35.3. The van der Waals surface area contributed by atoms with Gasteiger partial charge in [0.1, 0.15) is 23.7 Å². The molecule has 11 nitrogen and oxygen atoms in total. The Balaban J connectivity index is 1.65. The second-order valence-electron chi connectivity index (χ2n) is 9.40. The van der Waals surface area contributed by atoms with Crippen molar-refractivity contribution in [1.29, 1.82) is 5.26 Å². The third-order valence-corrected chi connectivity index (χ3v) is 6.23. The van der Waals surface area contributed by atoms with Crippen LogP contribution in [0.4, 0.5) is 14.9 Å². The summed E-state index contributed by atoms with van der Waals surface area (Å²) >= 11 is 0. The highest BCUT2D eigenvalue weighted by Crippen LogP contribution is 2.25. The molecule has 37 heavy (non-hydrogen) atoms. The van der Waals surface area contributed by atoms with Crippen LogP contribution >= 0.6 is 0 Å². The first-order valence-electron chi connectivity index (χ1n) is 11.7.